The Balaban J connectivity index is 2.86. The molecule has 16 heavy (non-hydrogen) atoms. The third-order valence-corrected chi connectivity index (χ3v) is 3.57. The molecule has 0 bridgehead atoms. The second-order valence-corrected chi connectivity index (χ2v) is 5.57. The molecule has 1 heterocycles. The highest BCUT2D eigenvalue weighted by Gasteiger charge is 2.23. The lowest BCUT2D eigenvalue weighted by atomic mass is 10.1. The Labute approximate surface area is 104 Å². The summed E-state index contributed by atoms with van der Waals surface area (Å²) in [5.41, 5.74) is 11.1. The monoisotopic (exact) mass is 261 g/mol. The zero-order chi connectivity index (χ0) is 12.3. The number of likely N-dealkylation sites (N-methyl/N-ethyl adjacent to an activating group) is 1. The number of amides is 1. The van der Waals surface area contributed by atoms with Gasteiger partial charge < -0.3 is 11.5 Å². The average Bonchev–Trinajstić information content (AvgIpc) is 2.49. The molecule has 1 aromatic rings. The number of hydrogen-bond donors (Lipinski definition) is 2. The predicted molar refractivity (Wildman–Crippen MR) is 67.5 cm³/mol. The molecule has 6 heteroatoms. The van der Waals surface area contributed by atoms with Crippen molar-refractivity contribution in [3.05, 3.63) is 21.3 Å². The van der Waals surface area contributed by atoms with Crippen molar-refractivity contribution >= 4 is 28.8 Å². The smallest absolute Gasteiger partial charge is 0.231 e. The van der Waals surface area contributed by atoms with Crippen LogP contribution in [0.1, 0.15) is 17.8 Å². The van der Waals surface area contributed by atoms with Crippen molar-refractivity contribution < 1.29 is 4.79 Å². The van der Waals surface area contributed by atoms with Crippen molar-refractivity contribution in [3.8, 4) is 0 Å². The maximum atomic E-state index is 10.9. The summed E-state index contributed by atoms with van der Waals surface area (Å²) in [7, 11) is 1.83. The van der Waals surface area contributed by atoms with Gasteiger partial charge in [-0.25, -0.2) is 0 Å². The lowest BCUT2D eigenvalue weighted by Gasteiger charge is -2.29. The van der Waals surface area contributed by atoms with Crippen LogP contribution < -0.4 is 11.5 Å². The minimum atomic E-state index is -0.365. The Morgan fingerprint density at radius 1 is 1.62 bits per heavy atom. The Morgan fingerprint density at radius 3 is 2.62 bits per heavy atom. The van der Waals surface area contributed by atoms with Crippen LogP contribution in [0.2, 0.25) is 4.34 Å². The van der Waals surface area contributed by atoms with E-state index in [2.05, 4.69) is 0 Å². The molecule has 0 saturated carbocycles. The SMILES string of the molecule is CC(N)C(c1ccc(Cl)s1)N(C)CC(N)=O. The number of nitrogens with two attached hydrogens (primary N) is 2. The van der Waals surface area contributed by atoms with Gasteiger partial charge in [-0.15, -0.1) is 11.3 Å². The van der Waals surface area contributed by atoms with Crippen molar-refractivity contribution in [2.75, 3.05) is 13.6 Å². The lowest BCUT2D eigenvalue weighted by Crippen LogP contribution is -2.41. The summed E-state index contributed by atoms with van der Waals surface area (Å²) < 4.78 is 0.716. The maximum absolute atomic E-state index is 10.9. The van der Waals surface area contributed by atoms with Crippen molar-refractivity contribution in [2.45, 2.75) is 19.0 Å². The van der Waals surface area contributed by atoms with Crippen LogP contribution in [-0.2, 0) is 4.79 Å². The largest absolute Gasteiger partial charge is 0.369 e. The first-order chi connectivity index (χ1) is 7.41. The van der Waals surface area contributed by atoms with Gasteiger partial charge in [0.15, 0.2) is 0 Å². The molecule has 2 atom stereocenters. The highest BCUT2D eigenvalue weighted by molar-refractivity contribution is 7.16. The molecule has 0 aliphatic carbocycles. The molecule has 0 fully saturated rings. The van der Waals surface area contributed by atoms with Crippen LogP contribution in [0.4, 0.5) is 0 Å². The van der Waals surface area contributed by atoms with Gasteiger partial charge in [0.1, 0.15) is 0 Å². The van der Waals surface area contributed by atoms with E-state index < -0.39 is 0 Å². The molecule has 4 nitrogen and oxygen atoms in total. The minimum Gasteiger partial charge on any atom is -0.369 e. The molecule has 90 valence electrons. The summed E-state index contributed by atoms with van der Waals surface area (Å²) in [6, 6.07) is 3.62. The Morgan fingerprint density at radius 2 is 2.25 bits per heavy atom. The summed E-state index contributed by atoms with van der Waals surface area (Å²) in [6.45, 7) is 2.08. The summed E-state index contributed by atoms with van der Waals surface area (Å²) in [4.78, 5) is 13.8. The third kappa shape index (κ3) is 3.45. The molecule has 0 aliphatic rings. The number of primary amides is 1. The van der Waals surface area contributed by atoms with Crippen LogP contribution in [0.5, 0.6) is 0 Å². The Hall–Kier alpha value is -0.620. The van der Waals surface area contributed by atoms with Gasteiger partial charge in [0.2, 0.25) is 5.91 Å². The number of rotatable bonds is 5. The topological polar surface area (TPSA) is 72.3 Å². The van der Waals surface area contributed by atoms with Crippen molar-refractivity contribution in [1.29, 1.82) is 0 Å². The zero-order valence-corrected chi connectivity index (χ0v) is 10.9. The fourth-order valence-electron chi connectivity index (χ4n) is 1.71. The summed E-state index contributed by atoms with van der Waals surface area (Å²) in [5.74, 6) is -0.365. The van der Waals surface area contributed by atoms with E-state index in [1.165, 1.54) is 11.3 Å². The number of halogens is 1. The van der Waals surface area contributed by atoms with Gasteiger partial charge in [0.05, 0.1) is 16.9 Å². The van der Waals surface area contributed by atoms with Gasteiger partial charge in [-0.2, -0.15) is 0 Å². The molecule has 2 unspecified atom stereocenters. The van der Waals surface area contributed by atoms with Crippen molar-refractivity contribution in [2.24, 2.45) is 11.5 Å². The highest BCUT2D eigenvalue weighted by Crippen LogP contribution is 2.31. The first kappa shape index (κ1) is 13.4. The average molecular weight is 262 g/mol. The first-order valence-corrected chi connectivity index (χ1v) is 6.10. The van der Waals surface area contributed by atoms with E-state index in [1.807, 2.05) is 31.0 Å². The first-order valence-electron chi connectivity index (χ1n) is 4.91. The predicted octanol–water partition coefficient (Wildman–Crippen LogP) is 1.21. The fraction of sp³-hybridized carbons (Fsp3) is 0.500. The normalized spacial score (nSPS) is 15.1. The van der Waals surface area contributed by atoms with Crippen LogP contribution in [-0.4, -0.2) is 30.4 Å². The van der Waals surface area contributed by atoms with E-state index in [0.29, 0.717) is 4.34 Å². The third-order valence-electron chi connectivity index (χ3n) is 2.26. The molecule has 0 radical (unpaired) electrons. The molecule has 4 N–H and O–H groups in total. The number of nitrogens with zero attached hydrogens (tertiary/aromatic N) is 1. The van der Waals surface area contributed by atoms with E-state index in [0.717, 1.165) is 4.88 Å². The Bertz CT molecular complexity index is 367. The fourth-order valence-corrected chi connectivity index (χ4v) is 3.05. The van der Waals surface area contributed by atoms with E-state index >= 15 is 0 Å². The molecule has 1 aromatic heterocycles. The van der Waals surface area contributed by atoms with Crippen LogP contribution in [0.3, 0.4) is 0 Å². The second-order valence-electron chi connectivity index (χ2n) is 3.83. The van der Waals surface area contributed by atoms with Crippen LogP contribution in [0.15, 0.2) is 12.1 Å². The van der Waals surface area contributed by atoms with E-state index in [-0.39, 0.29) is 24.5 Å². The van der Waals surface area contributed by atoms with Gasteiger partial charge in [0, 0.05) is 10.9 Å². The number of carbonyl (C=O) groups is 1. The van der Waals surface area contributed by atoms with Crippen LogP contribution >= 0.6 is 22.9 Å². The number of hydrogen-bond acceptors (Lipinski definition) is 4. The lowest BCUT2D eigenvalue weighted by molar-refractivity contribution is -0.119. The molecule has 0 aromatic carbocycles. The number of thiophene rings is 1. The van der Waals surface area contributed by atoms with Crippen molar-refractivity contribution in [1.82, 2.24) is 4.90 Å². The molecule has 0 spiro atoms. The second kappa shape index (κ2) is 5.63. The molecule has 0 aliphatic heterocycles. The quantitative estimate of drug-likeness (QED) is 0.837. The van der Waals surface area contributed by atoms with Gasteiger partial charge in [-0.1, -0.05) is 11.6 Å². The molecule has 0 saturated heterocycles. The summed E-state index contributed by atoms with van der Waals surface area (Å²) in [5, 5.41) is 0. The van der Waals surface area contributed by atoms with Gasteiger partial charge in [-0.05, 0) is 26.1 Å². The van der Waals surface area contributed by atoms with Crippen molar-refractivity contribution in [3.63, 3.8) is 0 Å². The zero-order valence-electron chi connectivity index (χ0n) is 9.31. The van der Waals surface area contributed by atoms with Gasteiger partial charge in [-0.3, -0.25) is 9.69 Å². The summed E-state index contributed by atoms with van der Waals surface area (Å²) in [6.07, 6.45) is 0. The summed E-state index contributed by atoms with van der Waals surface area (Å²) >= 11 is 7.36. The minimum absolute atomic E-state index is 0.0370. The van der Waals surface area contributed by atoms with Gasteiger partial charge in [0.25, 0.3) is 0 Å². The number of carbonyl (C=O) groups excluding carboxylic acids is 1. The standard InChI is InChI=1S/C10H16ClN3OS/c1-6(12)10(14(2)5-9(13)15)7-3-4-8(11)16-7/h3-4,6,10H,5,12H2,1-2H3,(H2,13,15). The molecule has 1 amide bonds. The molecule has 1 rings (SSSR count). The molecular weight excluding hydrogens is 246 g/mol. The highest BCUT2D eigenvalue weighted by atomic mass is 35.5. The van der Waals surface area contributed by atoms with E-state index in [4.69, 9.17) is 23.1 Å². The molecular formula is C10H16ClN3OS. The van der Waals surface area contributed by atoms with Gasteiger partial charge >= 0.3 is 0 Å². The van der Waals surface area contributed by atoms with E-state index in [9.17, 15) is 4.79 Å². The van der Waals surface area contributed by atoms with Crippen LogP contribution in [0, 0.1) is 0 Å². The van der Waals surface area contributed by atoms with E-state index in [1.54, 1.807) is 0 Å². The van der Waals surface area contributed by atoms with Crippen LogP contribution in [0.25, 0.3) is 0 Å². The Kier molecular flexibility index (Phi) is 4.73. The maximum Gasteiger partial charge on any atom is 0.231 e.